The van der Waals surface area contributed by atoms with Crippen LogP contribution in [0.5, 0.6) is 0 Å². The SMILES string of the molecule is Cc1ccc(Cl)cc1NC(=O)c1ccc(CS(C)(=O)=O)cc1. The first-order chi connectivity index (χ1) is 10.2. The molecule has 1 amide bonds. The number of carbonyl (C=O) groups excluding carboxylic acids is 1. The Labute approximate surface area is 135 Å². The van der Waals surface area contributed by atoms with Gasteiger partial charge in [-0.05, 0) is 42.3 Å². The predicted molar refractivity (Wildman–Crippen MR) is 89.1 cm³/mol. The molecule has 2 rings (SSSR count). The van der Waals surface area contributed by atoms with Gasteiger partial charge in [-0.15, -0.1) is 0 Å². The van der Waals surface area contributed by atoms with Crippen LogP contribution in [0.15, 0.2) is 42.5 Å². The van der Waals surface area contributed by atoms with Crippen LogP contribution in [0.3, 0.4) is 0 Å². The van der Waals surface area contributed by atoms with Crippen LogP contribution in [0.25, 0.3) is 0 Å². The van der Waals surface area contributed by atoms with Crippen LogP contribution < -0.4 is 5.32 Å². The number of amides is 1. The normalized spacial score (nSPS) is 11.2. The summed E-state index contributed by atoms with van der Waals surface area (Å²) in [5.41, 5.74) is 2.67. The lowest BCUT2D eigenvalue weighted by Crippen LogP contribution is -2.13. The topological polar surface area (TPSA) is 63.2 Å². The van der Waals surface area contributed by atoms with Gasteiger partial charge in [-0.25, -0.2) is 8.42 Å². The van der Waals surface area contributed by atoms with Crippen molar-refractivity contribution in [3.05, 3.63) is 64.2 Å². The second-order valence-corrected chi connectivity index (χ2v) is 7.76. The third-order valence-corrected chi connectivity index (χ3v) is 4.19. The van der Waals surface area contributed by atoms with Crippen molar-refractivity contribution in [3.63, 3.8) is 0 Å². The van der Waals surface area contributed by atoms with Crippen LogP contribution in [0.1, 0.15) is 21.5 Å². The van der Waals surface area contributed by atoms with Crippen LogP contribution in [0.2, 0.25) is 5.02 Å². The molecular weight excluding hydrogens is 322 g/mol. The van der Waals surface area contributed by atoms with Gasteiger partial charge in [0, 0.05) is 22.5 Å². The van der Waals surface area contributed by atoms with Gasteiger partial charge in [-0.2, -0.15) is 0 Å². The van der Waals surface area contributed by atoms with Crippen LogP contribution >= 0.6 is 11.6 Å². The summed E-state index contributed by atoms with van der Waals surface area (Å²) >= 11 is 5.92. The van der Waals surface area contributed by atoms with Crippen LogP contribution in [0, 0.1) is 6.92 Å². The number of carbonyl (C=O) groups is 1. The zero-order valence-corrected chi connectivity index (χ0v) is 13.8. The van der Waals surface area contributed by atoms with E-state index in [1.54, 1.807) is 36.4 Å². The standard InChI is InChI=1S/C16H16ClNO3S/c1-11-3-8-14(17)9-15(11)18-16(19)13-6-4-12(5-7-13)10-22(2,20)21/h3-9H,10H2,1-2H3,(H,18,19). The highest BCUT2D eigenvalue weighted by Crippen LogP contribution is 2.21. The molecule has 0 unspecified atom stereocenters. The Morgan fingerprint density at radius 1 is 1.14 bits per heavy atom. The Morgan fingerprint density at radius 2 is 1.77 bits per heavy atom. The van der Waals surface area contributed by atoms with Crippen molar-refractivity contribution < 1.29 is 13.2 Å². The number of halogens is 1. The summed E-state index contributed by atoms with van der Waals surface area (Å²) in [5.74, 6) is -0.307. The first-order valence-corrected chi connectivity index (χ1v) is 9.02. The molecule has 0 bridgehead atoms. The number of anilines is 1. The van der Waals surface area contributed by atoms with E-state index < -0.39 is 9.84 Å². The maximum atomic E-state index is 12.2. The zero-order valence-electron chi connectivity index (χ0n) is 12.3. The highest BCUT2D eigenvalue weighted by Gasteiger charge is 2.10. The van der Waals surface area contributed by atoms with Crippen LogP contribution in [0.4, 0.5) is 5.69 Å². The minimum absolute atomic E-state index is 0.0394. The molecule has 6 heteroatoms. The van der Waals surface area contributed by atoms with Gasteiger partial charge in [0.25, 0.3) is 5.91 Å². The fourth-order valence-corrected chi connectivity index (χ4v) is 2.95. The molecule has 2 aromatic carbocycles. The molecule has 1 N–H and O–H groups in total. The van der Waals surface area contributed by atoms with Crippen molar-refractivity contribution in [1.82, 2.24) is 0 Å². The van der Waals surface area contributed by atoms with Crippen molar-refractivity contribution >= 4 is 33.0 Å². The molecule has 4 nitrogen and oxygen atoms in total. The van der Waals surface area contributed by atoms with E-state index in [0.29, 0.717) is 21.8 Å². The van der Waals surface area contributed by atoms with E-state index in [0.717, 1.165) is 5.56 Å². The summed E-state index contributed by atoms with van der Waals surface area (Å²) in [5, 5.41) is 3.34. The smallest absolute Gasteiger partial charge is 0.255 e. The van der Waals surface area contributed by atoms with Crippen LogP contribution in [-0.2, 0) is 15.6 Å². The molecule has 22 heavy (non-hydrogen) atoms. The monoisotopic (exact) mass is 337 g/mol. The fourth-order valence-electron chi connectivity index (χ4n) is 1.98. The minimum atomic E-state index is -3.08. The highest BCUT2D eigenvalue weighted by atomic mass is 35.5. The number of nitrogens with one attached hydrogen (secondary N) is 1. The van der Waals surface area contributed by atoms with E-state index in [9.17, 15) is 13.2 Å². The van der Waals surface area contributed by atoms with E-state index in [4.69, 9.17) is 11.6 Å². The average molecular weight is 338 g/mol. The molecule has 0 aliphatic carbocycles. The lowest BCUT2D eigenvalue weighted by atomic mass is 10.1. The maximum absolute atomic E-state index is 12.2. The largest absolute Gasteiger partial charge is 0.322 e. The van der Waals surface area contributed by atoms with Gasteiger partial charge < -0.3 is 5.32 Å². The number of sulfone groups is 1. The van der Waals surface area contributed by atoms with Gasteiger partial charge in [0.1, 0.15) is 0 Å². The minimum Gasteiger partial charge on any atom is -0.322 e. The van der Waals surface area contributed by atoms with Crippen LogP contribution in [-0.4, -0.2) is 20.6 Å². The Morgan fingerprint density at radius 3 is 2.36 bits per heavy atom. The third kappa shape index (κ3) is 4.58. The summed E-state index contributed by atoms with van der Waals surface area (Å²) in [4.78, 5) is 12.2. The zero-order chi connectivity index (χ0) is 16.3. The Balaban J connectivity index is 2.15. The van der Waals surface area contributed by atoms with E-state index in [-0.39, 0.29) is 11.7 Å². The van der Waals surface area contributed by atoms with Crippen molar-refractivity contribution in [2.75, 3.05) is 11.6 Å². The molecule has 0 aliphatic heterocycles. The molecule has 0 aromatic heterocycles. The van der Waals surface area contributed by atoms with Gasteiger partial charge in [0.15, 0.2) is 9.84 Å². The number of rotatable bonds is 4. The summed E-state index contributed by atoms with van der Waals surface area (Å²) in [6.07, 6.45) is 1.18. The van der Waals surface area contributed by atoms with Crippen molar-refractivity contribution in [2.45, 2.75) is 12.7 Å². The molecule has 0 fully saturated rings. The molecule has 0 aliphatic rings. The number of hydrogen-bond donors (Lipinski definition) is 1. The van der Waals surface area contributed by atoms with Gasteiger partial charge in [0.05, 0.1) is 5.75 Å². The summed E-state index contributed by atoms with van der Waals surface area (Å²) in [6.45, 7) is 1.88. The summed E-state index contributed by atoms with van der Waals surface area (Å²) in [6, 6.07) is 11.8. The molecule has 0 heterocycles. The van der Waals surface area contributed by atoms with Gasteiger partial charge in [0.2, 0.25) is 0 Å². The van der Waals surface area contributed by atoms with E-state index in [1.165, 1.54) is 6.26 Å². The Kier molecular flexibility index (Phi) is 4.88. The summed E-state index contributed by atoms with van der Waals surface area (Å²) < 4.78 is 22.5. The predicted octanol–water partition coefficient (Wildman–Crippen LogP) is 3.45. The quantitative estimate of drug-likeness (QED) is 0.929. The molecule has 0 atom stereocenters. The van der Waals surface area contributed by atoms with Gasteiger partial charge in [-0.1, -0.05) is 29.8 Å². The summed E-state index contributed by atoms with van der Waals surface area (Å²) in [7, 11) is -3.08. The second-order valence-electron chi connectivity index (χ2n) is 5.18. The van der Waals surface area contributed by atoms with E-state index in [2.05, 4.69) is 5.32 Å². The van der Waals surface area contributed by atoms with E-state index >= 15 is 0 Å². The number of aryl methyl sites for hydroxylation is 1. The molecule has 0 saturated heterocycles. The lowest BCUT2D eigenvalue weighted by Gasteiger charge is -2.09. The first-order valence-electron chi connectivity index (χ1n) is 6.59. The molecule has 0 radical (unpaired) electrons. The van der Waals surface area contributed by atoms with Crippen molar-refractivity contribution in [3.8, 4) is 0 Å². The second kappa shape index (κ2) is 6.50. The number of benzene rings is 2. The van der Waals surface area contributed by atoms with Crippen molar-refractivity contribution in [1.29, 1.82) is 0 Å². The third-order valence-electron chi connectivity index (χ3n) is 3.09. The first kappa shape index (κ1) is 16.5. The fraction of sp³-hybridized carbons (Fsp3) is 0.188. The maximum Gasteiger partial charge on any atom is 0.255 e. The molecule has 2 aromatic rings. The number of hydrogen-bond acceptors (Lipinski definition) is 3. The van der Waals surface area contributed by atoms with E-state index in [1.807, 2.05) is 13.0 Å². The average Bonchev–Trinajstić information content (AvgIpc) is 2.42. The van der Waals surface area contributed by atoms with Gasteiger partial charge >= 0.3 is 0 Å². The molecule has 0 spiro atoms. The lowest BCUT2D eigenvalue weighted by molar-refractivity contribution is 0.102. The van der Waals surface area contributed by atoms with Gasteiger partial charge in [-0.3, -0.25) is 4.79 Å². The molecule has 0 saturated carbocycles. The highest BCUT2D eigenvalue weighted by molar-refractivity contribution is 7.89. The molecular formula is C16H16ClNO3S. The Hall–Kier alpha value is -1.85. The molecule has 116 valence electrons. The van der Waals surface area contributed by atoms with Crippen molar-refractivity contribution in [2.24, 2.45) is 0 Å². The Bertz CT molecular complexity index is 799.